The number of thiazole rings is 1. The average Bonchev–Trinajstić information content (AvgIpc) is 3.10. The van der Waals surface area contributed by atoms with Crippen molar-refractivity contribution >= 4 is 17.3 Å². The monoisotopic (exact) mass is 361 g/mol. The lowest BCUT2D eigenvalue weighted by atomic mass is 10.4. The highest BCUT2D eigenvalue weighted by atomic mass is 32.1. The number of aryl methyl sites for hydroxylation is 2. The lowest BCUT2D eigenvalue weighted by Gasteiger charge is -2.09. The fourth-order valence-electron chi connectivity index (χ4n) is 1.84. The number of hydrogen-bond donors (Lipinski definition) is 2. The lowest BCUT2D eigenvalue weighted by molar-refractivity contribution is -0.140. The number of nitrogens with one attached hydrogen (secondary N) is 2. The summed E-state index contributed by atoms with van der Waals surface area (Å²) < 4.78 is 42.9. The number of nitrogens with zero attached hydrogens (tertiary/aromatic N) is 3. The zero-order chi connectivity index (χ0) is 17.7. The molecule has 0 aliphatic carbocycles. The Morgan fingerprint density at radius 1 is 1.29 bits per heavy atom. The van der Waals surface area contributed by atoms with Crippen LogP contribution in [0.3, 0.4) is 0 Å². The number of alkyl halides is 3. The van der Waals surface area contributed by atoms with Crippen molar-refractivity contribution in [2.75, 3.05) is 13.6 Å². The van der Waals surface area contributed by atoms with Gasteiger partial charge in [-0.1, -0.05) is 0 Å². The number of hydrogen-bond acceptors (Lipinski definition) is 5. The Balaban J connectivity index is 1.78. The maximum Gasteiger partial charge on any atom is 0.434 e. The van der Waals surface area contributed by atoms with Gasteiger partial charge < -0.3 is 15.1 Å². The van der Waals surface area contributed by atoms with E-state index in [0.29, 0.717) is 36.4 Å². The molecule has 24 heavy (non-hydrogen) atoms. The second-order valence-corrected chi connectivity index (χ2v) is 5.92. The average molecular weight is 361 g/mol. The van der Waals surface area contributed by atoms with Gasteiger partial charge in [0.05, 0.1) is 17.2 Å². The highest BCUT2D eigenvalue weighted by Gasteiger charge is 2.33. The van der Waals surface area contributed by atoms with E-state index in [1.165, 1.54) is 0 Å². The quantitative estimate of drug-likeness (QED) is 0.633. The van der Waals surface area contributed by atoms with Crippen molar-refractivity contribution < 1.29 is 17.6 Å². The molecule has 2 rings (SSSR count). The van der Waals surface area contributed by atoms with Gasteiger partial charge in [0.1, 0.15) is 5.76 Å². The Morgan fingerprint density at radius 3 is 2.58 bits per heavy atom. The van der Waals surface area contributed by atoms with Crippen LogP contribution in [0.1, 0.15) is 28.0 Å². The number of halogens is 3. The number of aromatic nitrogens is 2. The maximum absolute atomic E-state index is 12.5. The molecule has 0 saturated heterocycles. The van der Waals surface area contributed by atoms with Crippen LogP contribution in [0.2, 0.25) is 0 Å². The van der Waals surface area contributed by atoms with Crippen LogP contribution in [0.4, 0.5) is 13.2 Å². The van der Waals surface area contributed by atoms with E-state index in [2.05, 4.69) is 25.6 Å². The largest absolute Gasteiger partial charge is 0.444 e. The fraction of sp³-hybridized carbons (Fsp3) is 0.500. The smallest absolute Gasteiger partial charge is 0.434 e. The van der Waals surface area contributed by atoms with E-state index in [9.17, 15) is 13.2 Å². The van der Waals surface area contributed by atoms with Crippen LogP contribution in [0, 0.1) is 13.8 Å². The predicted octanol–water partition coefficient (Wildman–Crippen LogP) is 2.67. The summed E-state index contributed by atoms with van der Waals surface area (Å²) in [6, 6.07) is 0. The number of oxazole rings is 1. The molecule has 10 heteroatoms. The van der Waals surface area contributed by atoms with Crippen LogP contribution >= 0.6 is 11.3 Å². The molecule has 0 radical (unpaired) electrons. The van der Waals surface area contributed by atoms with Crippen molar-refractivity contribution in [2.45, 2.75) is 33.0 Å². The summed E-state index contributed by atoms with van der Waals surface area (Å²) >= 11 is 0.994. The molecule has 132 valence electrons. The zero-order valence-corrected chi connectivity index (χ0v) is 14.3. The second-order valence-electron chi connectivity index (χ2n) is 4.98. The van der Waals surface area contributed by atoms with Crippen molar-refractivity contribution in [1.82, 2.24) is 20.6 Å². The molecule has 0 aliphatic rings. The molecule has 0 fully saturated rings. The Bertz CT molecular complexity index is 688. The van der Waals surface area contributed by atoms with Gasteiger partial charge >= 0.3 is 6.18 Å². The Kier molecular flexibility index (Phi) is 5.81. The van der Waals surface area contributed by atoms with Gasteiger partial charge in [-0.25, -0.2) is 9.97 Å². The van der Waals surface area contributed by atoms with Crippen molar-refractivity contribution in [3.8, 4) is 0 Å². The first kappa shape index (κ1) is 18.2. The first-order chi connectivity index (χ1) is 11.3. The molecule has 2 N–H and O–H groups in total. The third-order valence-electron chi connectivity index (χ3n) is 3.18. The van der Waals surface area contributed by atoms with Crippen molar-refractivity contribution in [3.05, 3.63) is 33.4 Å². The summed E-state index contributed by atoms with van der Waals surface area (Å²) in [6.45, 7) is 4.47. The van der Waals surface area contributed by atoms with Gasteiger partial charge in [-0.2, -0.15) is 13.2 Å². The zero-order valence-electron chi connectivity index (χ0n) is 13.5. The fourth-order valence-corrected chi connectivity index (χ4v) is 2.64. The van der Waals surface area contributed by atoms with Crippen LogP contribution in [0.15, 0.2) is 14.8 Å². The van der Waals surface area contributed by atoms with Crippen LogP contribution in [-0.4, -0.2) is 29.5 Å². The van der Waals surface area contributed by atoms with Crippen LogP contribution in [-0.2, 0) is 19.1 Å². The lowest BCUT2D eigenvalue weighted by Crippen LogP contribution is -2.37. The van der Waals surface area contributed by atoms with Gasteiger partial charge in [0, 0.05) is 25.4 Å². The third-order valence-corrected chi connectivity index (χ3v) is 4.09. The topological polar surface area (TPSA) is 75.3 Å². The van der Waals surface area contributed by atoms with E-state index in [1.54, 1.807) is 7.05 Å². The van der Waals surface area contributed by atoms with E-state index in [4.69, 9.17) is 4.42 Å². The molecule has 0 aliphatic heterocycles. The van der Waals surface area contributed by atoms with Gasteiger partial charge in [-0.3, -0.25) is 4.99 Å². The standard InChI is InChI=1S/C14H18F3N5OS/c1-8-9(2)23-11(21-8)6-20-13(18-3)19-5-4-12-22-10(7-24-12)14(15,16)17/h7H,4-6H2,1-3H3,(H2,18,19,20). The Hall–Kier alpha value is -2.10. The van der Waals surface area contributed by atoms with Gasteiger partial charge in [-0.15, -0.1) is 11.3 Å². The van der Waals surface area contributed by atoms with E-state index in [1.807, 2.05) is 13.8 Å². The maximum atomic E-state index is 12.5. The van der Waals surface area contributed by atoms with Crippen LogP contribution in [0.5, 0.6) is 0 Å². The summed E-state index contributed by atoms with van der Waals surface area (Å²) in [5, 5.41) is 7.48. The highest BCUT2D eigenvalue weighted by Crippen LogP contribution is 2.29. The molecule has 0 saturated carbocycles. The first-order valence-corrected chi connectivity index (χ1v) is 8.06. The molecule has 0 unspecified atom stereocenters. The van der Waals surface area contributed by atoms with Crippen molar-refractivity contribution in [3.63, 3.8) is 0 Å². The van der Waals surface area contributed by atoms with E-state index < -0.39 is 11.9 Å². The number of guanidine groups is 1. The van der Waals surface area contributed by atoms with Crippen molar-refractivity contribution in [2.24, 2.45) is 4.99 Å². The van der Waals surface area contributed by atoms with Gasteiger partial charge in [-0.05, 0) is 13.8 Å². The molecular formula is C14H18F3N5OS. The van der Waals surface area contributed by atoms with E-state index in [-0.39, 0.29) is 0 Å². The molecular weight excluding hydrogens is 343 g/mol. The molecule has 2 aromatic rings. The number of rotatable bonds is 5. The predicted molar refractivity (Wildman–Crippen MR) is 85.0 cm³/mol. The Labute approximate surface area is 141 Å². The third kappa shape index (κ3) is 4.95. The highest BCUT2D eigenvalue weighted by molar-refractivity contribution is 7.09. The molecule has 0 aromatic carbocycles. The summed E-state index contributed by atoms with van der Waals surface area (Å²) in [6.07, 6.45) is -4.02. The minimum absolute atomic E-state index is 0.365. The first-order valence-electron chi connectivity index (χ1n) is 7.18. The summed E-state index contributed by atoms with van der Waals surface area (Å²) in [4.78, 5) is 11.9. The normalized spacial score (nSPS) is 12.5. The summed E-state index contributed by atoms with van der Waals surface area (Å²) in [7, 11) is 1.60. The minimum Gasteiger partial charge on any atom is -0.444 e. The van der Waals surface area contributed by atoms with E-state index in [0.717, 1.165) is 28.2 Å². The van der Waals surface area contributed by atoms with E-state index >= 15 is 0 Å². The molecule has 0 amide bonds. The molecule has 6 nitrogen and oxygen atoms in total. The van der Waals surface area contributed by atoms with Gasteiger partial charge in [0.15, 0.2) is 11.7 Å². The molecule has 0 spiro atoms. The SMILES string of the molecule is CN=C(NCCc1nc(C(F)(F)F)cs1)NCc1nc(C)c(C)o1. The van der Waals surface area contributed by atoms with Crippen molar-refractivity contribution in [1.29, 1.82) is 0 Å². The van der Waals surface area contributed by atoms with Gasteiger partial charge in [0.25, 0.3) is 0 Å². The molecule has 2 heterocycles. The summed E-state index contributed by atoms with van der Waals surface area (Å²) in [5.41, 5.74) is -0.0152. The van der Waals surface area contributed by atoms with Crippen LogP contribution < -0.4 is 10.6 Å². The molecule has 2 aromatic heterocycles. The number of aliphatic imine (C=N–C) groups is 1. The molecule has 0 bridgehead atoms. The van der Waals surface area contributed by atoms with Crippen LogP contribution in [0.25, 0.3) is 0 Å². The minimum atomic E-state index is -4.40. The molecule has 0 atom stereocenters. The second kappa shape index (κ2) is 7.65. The van der Waals surface area contributed by atoms with Gasteiger partial charge in [0.2, 0.25) is 5.89 Å². The Morgan fingerprint density at radius 2 is 2.04 bits per heavy atom. The summed E-state index contributed by atoms with van der Waals surface area (Å²) in [5.74, 6) is 1.82.